The van der Waals surface area contributed by atoms with E-state index in [4.69, 9.17) is 18.4 Å². The number of benzene rings is 1. The predicted octanol–water partition coefficient (Wildman–Crippen LogP) is 11.3. The van der Waals surface area contributed by atoms with Gasteiger partial charge in [-0.15, -0.1) is 12.1 Å². The Hall–Kier alpha value is -0.00974. The summed E-state index contributed by atoms with van der Waals surface area (Å²) >= 11 is -0.889. The molecule has 2 aromatic rings. The van der Waals surface area contributed by atoms with Crippen LogP contribution in [0.15, 0.2) is 30.3 Å². The number of hydrogen-bond donors (Lipinski definition) is 0. The second kappa shape index (κ2) is 14.7. The van der Waals surface area contributed by atoms with E-state index in [1.807, 2.05) is 30.3 Å². The molecule has 0 atom stereocenters. The van der Waals surface area contributed by atoms with Crippen LogP contribution < -0.4 is 0 Å². The molecule has 34 heavy (non-hydrogen) atoms. The van der Waals surface area contributed by atoms with Crippen molar-refractivity contribution in [3.05, 3.63) is 75.8 Å². The Labute approximate surface area is 230 Å². The fraction of sp³-hybridized carbons (Fsp3) is 0.586. The first kappa shape index (κ1) is 36.1. The van der Waals surface area contributed by atoms with Gasteiger partial charge < -0.3 is 5.16 Å². The third kappa shape index (κ3) is 10.2. The zero-order valence-corrected chi connectivity index (χ0v) is 29.8. The van der Waals surface area contributed by atoms with Crippen molar-refractivity contribution in [2.45, 2.75) is 112 Å². The Bertz CT molecular complexity index is 772. The molecule has 0 fully saturated rings. The fourth-order valence-corrected chi connectivity index (χ4v) is 10.9. The molecule has 0 unspecified atom stereocenters. The van der Waals surface area contributed by atoms with Gasteiger partial charge in [0.1, 0.15) is 0 Å². The van der Waals surface area contributed by atoms with E-state index in [1.165, 1.54) is 27.8 Å². The average Bonchev–Trinajstić information content (AvgIpc) is 2.85. The zero-order valence-electron chi connectivity index (χ0n) is 24.2. The van der Waals surface area contributed by atoms with Crippen molar-refractivity contribution in [2.24, 2.45) is 0 Å². The van der Waals surface area contributed by atoms with Crippen molar-refractivity contribution in [2.75, 3.05) is 0 Å². The van der Waals surface area contributed by atoms with E-state index in [0.29, 0.717) is 0 Å². The van der Waals surface area contributed by atoms with E-state index in [9.17, 15) is 5.16 Å². The van der Waals surface area contributed by atoms with Gasteiger partial charge in [0, 0.05) is 0 Å². The van der Waals surface area contributed by atoms with Crippen molar-refractivity contribution in [3.8, 4) is 0 Å². The summed E-state index contributed by atoms with van der Waals surface area (Å²) in [5.74, 6) is 0. The Morgan fingerprint density at radius 1 is 0.735 bits per heavy atom. The summed E-state index contributed by atoms with van der Waals surface area (Å²) in [6, 6.07) is 9.87. The molecule has 0 saturated carbocycles. The number of halogens is 2. The molecule has 0 bridgehead atoms. The minimum atomic E-state index is -2.02. The summed E-state index contributed by atoms with van der Waals surface area (Å²) in [5, 5.41) is 11.1. The van der Waals surface area contributed by atoms with E-state index in [0.717, 1.165) is 5.56 Å². The van der Waals surface area contributed by atoms with Crippen LogP contribution in [-0.4, -0.2) is 15.5 Å². The first-order chi connectivity index (χ1) is 15.1. The van der Waals surface area contributed by atoms with Gasteiger partial charge in [0.25, 0.3) is 0 Å². The molecule has 2 rings (SSSR count). The molecule has 197 valence electrons. The van der Waals surface area contributed by atoms with E-state index >= 15 is 0 Å². The van der Waals surface area contributed by atoms with Crippen LogP contribution in [0.2, 0.25) is 0 Å². The molecular weight excluding hydrogens is 645 g/mol. The number of nitrogens with zero attached hydrogens (tertiary/aromatic N) is 1. The van der Waals surface area contributed by atoms with Gasteiger partial charge in [-0.05, 0) is 15.5 Å². The van der Waals surface area contributed by atoms with E-state index < -0.39 is 24.6 Å². The third-order valence-corrected chi connectivity index (χ3v) is 12.4. The molecule has 5 heteroatoms. The number of rotatable bonds is 0. The van der Waals surface area contributed by atoms with Gasteiger partial charge in [-0.1, -0.05) is 103 Å². The standard InChI is InChI=1S/C12H27NP.C10H15.C7H7.2ClH.Ta/c1-10(2,3)14(13,11(4,5)6)12(7,8)9;1-6-7(2)9(4)10(5)8(6)3;1-7-5-3-2-4-6-7;;;/h1-9H3;1-5H3;2-6H,1H2;2*1H;/q3*-1;;;+2/p-2. The van der Waals surface area contributed by atoms with E-state index in [-0.39, 0.29) is 15.5 Å². The van der Waals surface area contributed by atoms with Crippen molar-refractivity contribution in [3.63, 3.8) is 0 Å². The summed E-state index contributed by atoms with van der Waals surface area (Å²) in [4.78, 5) is 0. The fourth-order valence-electron chi connectivity index (χ4n) is 4.90. The second-order valence-corrected chi connectivity index (χ2v) is 21.8. The SMILES string of the molecule is CC(C)(C)P(=[N-])(C(C)(C)C)C(C)(C)C.Cc1c(C)c(C)[c-](C)c1C.[CH2-]c1ccccc1.[Cl][Ta][Cl]. The summed E-state index contributed by atoms with van der Waals surface area (Å²) in [6.07, 6.45) is 0. The number of hydrogen-bond acceptors (Lipinski definition) is 0. The van der Waals surface area contributed by atoms with Crippen LogP contribution in [0.1, 0.15) is 95.7 Å². The molecular formula is C29H49Cl2NPTa-3. The van der Waals surface area contributed by atoms with E-state index in [2.05, 4.69) is 104 Å². The van der Waals surface area contributed by atoms with Crippen LogP contribution >= 0.6 is 25.4 Å². The first-order valence-electron chi connectivity index (χ1n) is 11.7. The molecule has 0 aliphatic heterocycles. The molecule has 0 aliphatic rings. The summed E-state index contributed by atoms with van der Waals surface area (Å²) in [6.45, 7) is 34.2. The van der Waals surface area contributed by atoms with Crippen LogP contribution in [-0.2, 0) is 17.6 Å². The molecule has 0 saturated heterocycles. The summed E-state index contributed by atoms with van der Waals surface area (Å²) in [7, 11) is 7.87. The molecule has 0 N–H and O–H groups in total. The van der Waals surface area contributed by atoms with Crippen molar-refractivity contribution < 1.29 is 17.6 Å². The third-order valence-electron chi connectivity index (χ3n) is 6.57. The normalized spacial score (nSPS) is 11.8. The molecule has 0 radical (unpaired) electrons. The molecule has 1 nitrogen and oxygen atoms in total. The average molecular weight is 695 g/mol. The second-order valence-electron chi connectivity index (χ2n) is 11.8. The van der Waals surface area contributed by atoms with Crippen molar-refractivity contribution in [1.82, 2.24) is 0 Å². The van der Waals surface area contributed by atoms with Crippen molar-refractivity contribution >= 4 is 25.4 Å². The molecule has 0 heterocycles. The van der Waals surface area contributed by atoms with Crippen LogP contribution in [0.5, 0.6) is 0 Å². The van der Waals surface area contributed by atoms with Gasteiger partial charge in [-0.3, -0.25) is 0 Å². The molecule has 0 aliphatic carbocycles. The van der Waals surface area contributed by atoms with Gasteiger partial charge >= 0.3 is 36.0 Å². The van der Waals surface area contributed by atoms with Gasteiger partial charge in [-0.25, -0.2) is 7.05 Å². The van der Waals surface area contributed by atoms with Crippen LogP contribution in [0.4, 0.5) is 0 Å². The Balaban J connectivity index is 0. The van der Waals surface area contributed by atoms with Gasteiger partial charge in [0.05, 0.1) is 0 Å². The van der Waals surface area contributed by atoms with Crippen molar-refractivity contribution in [1.29, 1.82) is 0 Å². The summed E-state index contributed by atoms with van der Waals surface area (Å²) in [5.41, 5.74) is 8.41. The van der Waals surface area contributed by atoms with E-state index in [1.54, 1.807) is 0 Å². The van der Waals surface area contributed by atoms with Crippen LogP contribution in [0.25, 0.3) is 5.16 Å². The first-order valence-corrected chi connectivity index (χ1v) is 21.4. The monoisotopic (exact) mass is 693 g/mol. The maximum atomic E-state index is 11.1. The molecule has 0 spiro atoms. The van der Waals surface area contributed by atoms with Gasteiger partial charge in [0.2, 0.25) is 0 Å². The Morgan fingerprint density at radius 2 is 1.00 bits per heavy atom. The Kier molecular flexibility index (Phi) is 15.6. The summed E-state index contributed by atoms with van der Waals surface area (Å²) < 4.78 is 0. The predicted molar refractivity (Wildman–Crippen MR) is 158 cm³/mol. The van der Waals surface area contributed by atoms with Crippen LogP contribution in [0.3, 0.4) is 0 Å². The van der Waals surface area contributed by atoms with Gasteiger partial charge in [-0.2, -0.15) is 52.4 Å². The maximum absolute atomic E-state index is 11.1. The van der Waals surface area contributed by atoms with Gasteiger partial charge in [0.15, 0.2) is 0 Å². The molecule has 0 amide bonds. The zero-order chi connectivity index (χ0) is 27.7. The Morgan fingerprint density at radius 3 is 1.09 bits per heavy atom. The molecule has 2 aromatic carbocycles. The minimum absolute atomic E-state index is 0.0104. The topological polar surface area (TPSA) is 22.3 Å². The quantitative estimate of drug-likeness (QED) is 0.194. The molecule has 0 aromatic heterocycles. The van der Waals surface area contributed by atoms with Crippen LogP contribution in [0, 0.1) is 41.5 Å².